The van der Waals surface area contributed by atoms with Gasteiger partial charge in [0.25, 0.3) is 5.91 Å². The first-order valence-electron chi connectivity index (χ1n) is 6.08. The smallest absolute Gasteiger partial charge is 0.277 e. The Hall–Kier alpha value is -2.28. The number of carbonyl (C=O) groups is 1. The van der Waals surface area contributed by atoms with Gasteiger partial charge in [-0.25, -0.2) is 4.68 Å². The van der Waals surface area contributed by atoms with Gasteiger partial charge in [-0.15, -0.1) is 5.10 Å². The maximum absolute atomic E-state index is 12.0. The fourth-order valence-corrected chi connectivity index (χ4v) is 1.84. The summed E-state index contributed by atoms with van der Waals surface area (Å²) in [5.74, 6) is -0.272. The molecule has 0 aromatic carbocycles. The number of pyridine rings is 1. The van der Waals surface area contributed by atoms with E-state index in [1.165, 1.54) is 0 Å². The van der Waals surface area contributed by atoms with Gasteiger partial charge in [0.15, 0.2) is 5.69 Å². The zero-order valence-electron chi connectivity index (χ0n) is 10.5. The summed E-state index contributed by atoms with van der Waals surface area (Å²) >= 11 is 0. The molecule has 2 aromatic rings. The Kier molecular flexibility index (Phi) is 2.96. The Balaban J connectivity index is 1.71. The van der Waals surface area contributed by atoms with Crippen molar-refractivity contribution < 1.29 is 4.79 Å². The Morgan fingerprint density at radius 2 is 2.32 bits per heavy atom. The van der Waals surface area contributed by atoms with Crippen LogP contribution in [0.3, 0.4) is 0 Å². The second-order valence-corrected chi connectivity index (χ2v) is 4.60. The standard InChI is InChI=1S/C12H14N6O/c1-8-2-9(4-13-3-8)15-12(19)11-7-18(17-16-11)10-5-14-6-10/h2-4,7,10,14H,5-6H2,1H3,(H,15,19). The summed E-state index contributed by atoms with van der Waals surface area (Å²) in [5, 5.41) is 13.8. The van der Waals surface area contributed by atoms with E-state index >= 15 is 0 Å². The zero-order valence-corrected chi connectivity index (χ0v) is 10.5. The van der Waals surface area contributed by atoms with Gasteiger partial charge < -0.3 is 10.6 Å². The van der Waals surface area contributed by atoms with Gasteiger partial charge in [-0.05, 0) is 18.6 Å². The van der Waals surface area contributed by atoms with Crippen LogP contribution in [0.4, 0.5) is 5.69 Å². The van der Waals surface area contributed by atoms with Crippen molar-refractivity contribution in [1.82, 2.24) is 25.3 Å². The Labute approximate surface area is 110 Å². The van der Waals surface area contributed by atoms with Crippen LogP contribution in [0.15, 0.2) is 24.7 Å². The van der Waals surface area contributed by atoms with Crippen molar-refractivity contribution in [2.45, 2.75) is 13.0 Å². The fourth-order valence-electron chi connectivity index (χ4n) is 1.84. The minimum atomic E-state index is -0.272. The lowest BCUT2D eigenvalue weighted by Gasteiger charge is -2.26. The summed E-state index contributed by atoms with van der Waals surface area (Å²) in [5.41, 5.74) is 1.96. The highest BCUT2D eigenvalue weighted by Gasteiger charge is 2.21. The first-order chi connectivity index (χ1) is 9.22. The molecule has 0 unspecified atom stereocenters. The van der Waals surface area contributed by atoms with Crippen LogP contribution in [0.25, 0.3) is 0 Å². The predicted octanol–water partition coefficient (Wildman–Crippen LogP) is 0.378. The Morgan fingerprint density at radius 1 is 1.47 bits per heavy atom. The molecular formula is C12H14N6O. The molecular weight excluding hydrogens is 244 g/mol. The molecule has 1 amide bonds. The lowest BCUT2D eigenvalue weighted by Crippen LogP contribution is -2.43. The van der Waals surface area contributed by atoms with Crippen molar-refractivity contribution in [3.8, 4) is 0 Å². The van der Waals surface area contributed by atoms with E-state index in [0.29, 0.717) is 17.4 Å². The number of hydrogen-bond acceptors (Lipinski definition) is 5. The Morgan fingerprint density at radius 3 is 3.00 bits per heavy atom. The average molecular weight is 258 g/mol. The molecule has 0 saturated carbocycles. The van der Waals surface area contributed by atoms with E-state index in [0.717, 1.165) is 18.7 Å². The molecule has 3 heterocycles. The number of amides is 1. The molecule has 1 saturated heterocycles. The average Bonchev–Trinajstić information content (AvgIpc) is 2.76. The number of aromatic nitrogens is 4. The minimum Gasteiger partial charge on any atom is -0.319 e. The number of hydrogen-bond donors (Lipinski definition) is 2. The van der Waals surface area contributed by atoms with Crippen molar-refractivity contribution in [1.29, 1.82) is 0 Å². The summed E-state index contributed by atoms with van der Waals surface area (Å²) in [7, 11) is 0. The number of nitrogens with zero attached hydrogens (tertiary/aromatic N) is 4. The van der Waals surface area contributed by atoms with Crippen LogP contribution in [-0.2, 0) is 0 Å². The van der Waals surface area contributed by atoms with Gasteiger partial charge in [0, 0.05) is 19.3 Å². The summed E-state index contributed by atoms with van der Waals surface area (Å²) in [4.78, 5) is 16.0. The SMILES string of the molecule is Cc1cncc(NC(=O)c2cn(C3CNC3)nn2)c1. The molecule has 3 rings (SSSR count). The zero-order chi connectivity index (χ0) is 13.2. The molecule has 0 atom stereocenters. The quantitative estimate of drug-likeness (QED) is 0.831. The number of nitrogens with one attached hydrogen (secondary N) is 2. The van der Waals surface area contributed by atoms with Crippen LogP contribution in [0.5, 0.6) is 0 Å². The maximum atomic E-state index is 12.0. The lowest BCUT2D eigenvalue weighted by atomic mass is 10.2. The molecule has 1 fully saturated rings. The fraction of sp³-hybridized carbons (Fsp3) is 0.333. The predicted molar refractivity (Wildman–Crippen MR) is 68.9 cm³/mol. The second kappa shape index (κ2) is 4.77. The molecule has 7 heteroatoms. The first-order valence-corrected chi connectivity index (χ1v) is 6.08. The number of anilines is 1. The summed E-state index contributed by atoms with van der Waals surface area (Å²) in [6.07, 6.45) is 5.00. The third-order valence-corrected chi connectivity index (χ3v) is 3.01. The van der Waals surface area contributed by atoms with Crippen molar-refractivity contribution in [2.24, 2.45) is 0 Å². The van der Waals surface area contributed by atoms with Crippen LogP contribution in [0.1, 0.15) is 22.1 Å². The largest absolute Gasteiger partial charge is 0.319 e. The molecule has 1 aliphatic rings. The van der Waals surface area contributed by atoms with E-state index in [1.807, 2.05) is 13.0 Å². The van der Waals surface area contributed by atoms with Gasteiger partial charge in [-0.1, -0.05) is 5.21 Å². The van der Waals surface area contributed by atoms with Crippen molar-refractivity contribution in [2.75, 3.05) is 18.4 Å². The van der Waals surface area contributed by atoms with Gasteiger partial charge in [0.05, 0.1) is 24.1 Å². The molecule has 0 radical (unpaired) electrons. The van der Waals surface area contributed by atoms with E-state index < -0.39 is 0 Å². The highest BCUT2D eigenvalue weighted by Crippen LogP contribution is 2.12. The molecule has 0 spiro atoms. The van der Waals surface area contributed by atoms with E-state index in [-0.39, 0.29) is 5.91 Å². The molecule has 98 valence electrons. The molecule has 7 nitrogen and oxygen atoms in total. The van der Waals surface area contributed by atoms with Gasteiger partial charge in [-0.2, -0.15) is 0 Å². The third-order valence-electron chi connectivity index (χ3n) is 3.01. The van der Waals surface area contributed by atoms with Crippen LogP contribution in [0.2, 0.25) is 0 Å². The van der Waals surface area contributed by atoms with Crippen LogP contribution < -0.4 is 10.6 Å². The van der Waals surface area contributed by atoms with Gasteiger partial charge >= 0.3 is 0 Å². The summed E-state index contributed by atoms with van der Waals surface area (Å²) in [6.45, 7) is 3.65. The maximum Gasteiger partial charge on any atom is 0.277 e. The normalized spacial score (nSPS) is 15.0. The van der Waals surface area contributed by atoms with E-state index in [1.54, 1.807) is 23.3 Å². The molecule has 2 aromatic heterocycles. The van der Waals surface area contributed by atoms with E-state index in [2.05, 4.69) is 25.9 Å². The lowest BCUT2D eigenvalue weighted by molar-refractivity contribution is 0.102. The van der Waals surface area contributed by atoms with Crippen LogP contribution in [0, 0.1) is 6.92 Å². The number of aryl methyl sites for hydroxylation is 1. The van der Waals surface area contributed by atoms with Crippen molar-refractivity contribution in [3.05, 3.63) is 35.9 Å². The van der Waals surface area contributed by atoms with Gasteiger partial charge in [0.2, 0.25) is 0 Å². The molecule has 1 aliphatic heterocycles. The van der Waals surface area contributed by atoms with E-state index in [4.69, 9.17) is 0 Å². The van der Waals surface area contributed by atoms with E-state index in [9.17, 15) is 4.79 Å². The molecule has 0 aliphatic carbocycles. The highest BCUT2D eigenvalue weighted by molar-refractivity contribution is 6.02. The van der Waals surface area contributed by atoms with Gasteiger partial charge in [0.1, 0.15) is 0 Å². The van der Waals surface area contributed by atoms with Crippen LogP contribution in [-0.4, -0.2) is 39.0 Å². The molecule has 2 N–H and O–H groups in total. The summed E-state index contributed by atoms with van der Waals surface area (Å²) < 4.78 is 1.72. The van der Waals surface area contributed by atoms with Crippen molar-refractivity contribution in [3.63, 3.8) is 0 Å². The van der Waals surface area contributed by atoms with Gasteiger partial charge in [-0.3, -0.25) is 9.78 Å². The van der Waals surface area contributed by atoms with Crippen LogP contribution >= 0.6 is 0 Å². The summed E-state index contributed by atoms with van der Waals surface area (Å²) in [6, 6.07) is 2.15. The number of rotatable bonds is 3. The second-order valence-electron chi connectivity index (χ2n) is 4.60. The highest BCUT2D eigenvalue weighted by atomic mass is 16.2. The monoisotopic (exact) mass is 258 g/mol. The topological polar surface area (TPSA) is 84.7 Å². The molecule has 19 heavy (non-hydrogen) atoms. The molecule has 0 bridgehead atoms. The Bertz CT molecular complexity index is 604. The first kappa shape index (κ1) is 11.8. The minimum absolute atomic E-state index is 0.272. The number of carbonyl (C=O) groups excluding carboxylic acids is 1. The van der Waals surface area contributed by atoms with Crippen molar-refractivity contribution >= 4 is 11.6 Å². The third kappa shape index (κ3) is 2.45.